The summed E-state index contributed by atoms with van der Waals surface area (Å²) in [4.78, 5) is 35.8. The molecule has 0 radical (unpaired) electrons. The summed E-state index contributed by atoms with van der Waals surface area (Å²) >= 11 is 6.36. The van der Waals surface area contributed by atoms with Gasteiger partial charge in [-0.2, -0.15) is 4.98 Å². The van der Waals surface area contributed by atoms with Crippen LogP contribution in [0, 0.1) is 17.3 Å². The lowest BCUT2D eigenvalue weighted by atomic mass is 9.75. The van der Waals surface area contributed by atoms with Gasteiger partial charge >= 0.3 is 5.76 Å². The molecule has 1 N–H and O–H groups in total. The number of pyridine rings is 1. The smallest absolute Gasteiger partial charge is 0.371 e. The maximum absolute atomic E-state index is 11.8. The van der Waals surface area contributed by atoms with Crippen molar-refractivity contribution in [3.8, 4) is 22.9 Å². The molecular weight excluding hydrogens is 556 g/mol. The highest BCUT2D eigenvalue weighted by Crippen LogP contribution is 2.59. The molecule has 8 rings (SSSR count). The molecule has 4 aromatic heterocycles. The maximum atomic E-state index is 11.8. The summed E-state index contributed by atoms with van der Waals surface area (Å²) in [5.41, 5.74) is 2.77. The van der Waals surface area contributed by atoms with Gasteiger partial charge in [0.2, 0.25) is 17.6 Å². The number of halogens is 1. The van der Waals surface area contributed by atoms with Gasteiger partial charge in [0, 0.05) is 24.2 Å². The molecule has 4 atom stereocenters. The molecule has 0 amide bonds. The van der Waals surface area contributed by atoms with E-state index in [1.165, 1.54) is 38.5 Å². The predicted molar refractivity (Wildman–Crippen MR) is 158 cm³/mol. The second-order valence-electron chi connectivity index (χ2n) is 12.6. The van der Waals surface area contributed by atoms with Gasteiger partial charge in [0.05, 0.1) is 29.8 Å². The molecule has 11 nitrogen and oxygen atoms in total. The van der Waals surface area contributed by atoms with E-state index in [2.05, 4.69) is 33.5 Å². The Morgan fingerprint density at radius 2 is 2.10 bits per heavy atom. The molecule has 1 saturated heterocycles. The summed E-state index contributed by atoms with van der Waals surface area (Å²) in [5, 5.41) is 4.30. The number of ether oxygens (including phenoxy) is 1. The van der Waals surface area contributed by atoms with E-state index in [-0.39, 0.29) is 23.3 Å². The summed E-state index contributed by atoms with van der Waals surface area (Å²) in [6, 6.07) is 2.00. The lowest BCUT2D eigenvalue weighted by molar-refractivity contribution is -0.0285. The van der Waals surface area contributed by atoms with Crippen LogP contribution in [-0.2, 0) is 4.74 Å². The normalized spacial score (nSPS) is 28.0. The van der Waals surface area contributed by atoms with Gasteiger partial charge in [-0.15, -0.1) is 0 Å². The van der Waals surface area contributed by atoms with Crippen LogP contribution in [0.2, 0.25) is 5.02 Å². The minimum absolute atomic E-state index is 0.122. The Balaban J connectivity index is 1.30. The first-order chi connectivity index (χ1) is 20.4. The molecule has 0 aromatic carbocycles. The Bertz CT molecular complexity index is 1760. The molecule has 4 fully saturated rings. The van der Waals surface area contributed by atoms with Gasteiger partial charge in [0.25, 0.3) is 0 Å². The number of imidazole rings is 1. The Hall–Kier alpha value is -3.57. The summed E-state index contributed by atoms with van der Waals surface area (Å²) in [5.74, 6) is 1.49. The molecule has 3 unspecified atom stereocenters. The van der Waals surface area contributed by atoms with Crippen LogP contribution < -0.4 is 10.7 Å². The topological polar surface area (TPSA) is 128 Å². The van der Waals surface area contributed by atoms with Gasteiger partial charge < -0.3 is 9.64 Å². The second-order valence-corrected chi connectivity index (χ2v) is 13.0. The Morgan fingerprint density at radius 3 is 2.81 bits per heavy atom. The van der Waals surface area contributed by atoms with Crippen LogP contribution in [0.25, 0.3) is 40.3 Å². The number of H-pyrrole nitrogens is 1. The van der Waals surface area contributed by atoms with Crippen molar-refractivity contribution in [2.24, 2.45) is 17.3 Å². The molecule has 2 spiro atoms. The fourth-order valence-electron chi connectivity index (χ4n) is 7.65. The summed E-state index contributed by atoms with van der Waals surface area (Å²) in [7, 11) is 0. The third kappa shape index (κ3) is 4.19. The molecule has 3 saturated carbocycles. The number of anilines is 1. The summed E-state index contributed by atoms with van der Waals surface area (Å²) in [6.07, 6.45) is 15.0. The van der Waals surface area contributed by atoms with Crippen LogP contribution in [-0.4, -0.2) is 59.4 Å². The van der Waals surface area contributed by atoms with Gasteiger partial charge in [0.15, 0.2) is 5.65 Å². The highest BCUT2D eigenvalue weighted by atomic mass is 35.5. The molecule has 1 aliphatic heterocycles. The molecule has 218 valence electrons. The van der Waals surface area contributed by atoms with Gasteiger partial charge in [-0.1, -0.05) is 43.1 Å². The third-order valence-electron chi connectivity index (χ3n) is 10.1. The second kappa shape index (κ2) is 9.47. The van der Waals surface area contributed by atoms with E-state index in [9.17, 15) is 4.79 Å². The van der Waals surface area contributed by atoms with Crippen molar-refractivity contribution in [3.63, 3.8) is 0 Å². The number of fused-ring (bicyclic) bond motifs is 1. The molecule has 5 heterocycles. The zero-order valence-electron chi connectivity index (χ0n) is 23.6. The Kier molecular flexibility index (Phi) is 5.88. The fraction of sp³-hybridized carbons (Fsp3) is 0.533. The first kappa shape index (κ1) is 26.1. The van der Waals surface area contributed by atoms with E-state index in [4.69, 9.17) is 35.8 Å². The van der Waals surface area contributed by atoms with Crippen molar-refractivity contribution in [2.75, 3.05) is 18.1 Å². The van der Waals surface area contributed by atoms with Gasteiger partial charge in [0.1, 0.15) is 11.2 Å². The standard InChI is InChI=1S/C30H33ClN8O3/c1-3-19-12-30(19)16-39(21(15-41-30)17-6-5-7-29(11-17)8-9-29)27-35-24-23(38(27)4-2)22(18-10-20(31)14-32-13-18)33-25(34-24)26-36-28(40)42-37-26/h4,10,13-14,17,19,21H,2-3,5-9,11-12,15-16H2,1H3,(H,36,37,40)/t17?,19-,21?,30?/m0/s1. The number of aromatic nitrogens is 7. The van der Waals surface area contributed by atoms with Crippen molar-refractivity contribution in [1.29, 1.82) is 0 Å². The quantitative estimate of drug-likeness (QED) is 0.318. The van der Waals surface area contributed by atoms with Crippen molar-refractivity contribution in [1.82, 2.24) is 34.6 Å². The zero-order valence-corrected chi connectivity index (χ0v) is 24.3. The van der Waals surface area contributed by atoms with Crippen LogP contribution in [0.3, 0.4) is 0 Å². The van der Waals surface area contributed by atoms with Crippen LogP contribution in [0.4, 0.5) is 5.95 Å². The van der Waals surface area contributed by atoms with Crippen molar-refractivity contribution < 1.29 is 9.26 Å². The van der Waals surface area contributed by atoms with Crippen LogP contribution in [0.1, 0.15) is 58.3 Å². The molecular formula is C30H33ClN8O3. The van der Waals surface area contributed by atoms with Crippen molar-refractivity contribution in [3.05, 3.63) is 40.6 Å². The first-order valence-corrected chi connectivity index (χ1v) is 15.3. The first-order valence-electron chi connectivity index (χ1n) is 14.9. The number of rotatable bonds is 6. The number of nitrogens with one attached hydrogen (secondary N) is 1. The minimum atomic E-state index is -0.686. The average Bonchev–Trinajstić information content (AvgIpc) is 3.78. The molecule has 12 heteroatoms. The largest absolute Gasteiger partial charge is 0.439 e. The maximum Gasteiger partial charge on any atom is 0.439 e. The van der Waals surface area contributed by atoms with Crippen molar-refractivity contribution in [2.45, 2.75) is 69.9 Å². The predicted octanol–water partition coefficient (Wildman–Crippen LogP) is 5.33. The molecule has 3 aliphatic carbocycles. The Labute approximate surface area is 247 Å². The molecule has 0 bridgehead atoms. The SMILES string of the molecule is C=Cn1c(N2CC3(C[C@@H]3CC)OCC2C2CCCC3(CC3)C2)nc2nc(-c3noc(=O)[nH]3)nc(-c3cncc(Cl)c3)c21. The van der Waals surface area contributed by atoms with E-state index >= 15 is 0 Å². The third-order valence-corrected chi connectivity index (χ3v) is 10.3. The fourth-order valence-corrected chi connectivity index (χ4v) is 7.82. The minimum Gasteiger partial charge on any atom is -0.371 e. The molecule has 4 aromatic rings. The van der Waals surface area contributed by atoms with Crippen LogP contribution >= 0.6 is 11.6 Å². The number of aromatic amines is 1. The van der Waals surface area contributed by atoms with Crippen LogP contribution in [0.5, 0.6) is 0 Å². The summed E-state index contributed by atoms with van der Waals surface area (Å²) in [6.45, 7) is 7.91. The zero-order chi connectivity index (χ0) is 28.6. The number of nitrogens with zero attached hydrogens (tertiary/aromatic N) is 7. The van der Waals surface area contributed by atoms with Gasteiger partial charge in [-0.25, -0.2) is 14.8 Å². The number of hydrogen-bond acceptors (Lipinski definition) is 9. The van der Waals surface area contributed by atoms with Crippen LogP contribution in [0.15, 0.2) is 34.4 Å². The monoisotopic (exact) mass is 588 g/mol. The van der Waals surface area contributed by atoms with Crippen molar-refractivity contribution >= 4 is 34.9 Å². The molecule has 42 heavy (non-hydrogen) atoms. The molecule has 4 aliphatic rings. The Morgan fingerprint density at radius 1 is 1.21 bits per heavy atom. The summed E-state index contributed by atoms with van der Waals surface area (Å²) < 4.78 is 13.5. The highest BCUT2D eigenvalue weighted by Gasteiger charge is 2.60. The van der Waals surface area contributed by atoms with E-state index in [0.717, 1.165) is 25.3 Å². The van der Waals surface area contributed by atoms with E-state index in [0.29, 0.717) is 51.3 Å². The highest BCUT2D eigenvalue weighted by molar-refractivity contribution is 6.30. The number of morpholine rings is 1. The van der Waals surface area contributed by atoms with Gasteiger partial charge in [-0.3, -0.25) is 19.1 Å². The van der Waals surface area contributed by atoms with E-state index in [1.807, 2.05) is 4.57 Å². The van der Waals surface area contributed by atoms with E-state index < -0.39 is 5.76 Å². The average molecular weight is 589 g/mol. The van der Waals surface area contributed by atoms with Gasteiger partial charge in [-0.05, 0) is 61.8 Å². The number of hydrogen-bond donors (Lipinski definition) is 1. The van der Waals surface area contributed by atoms with E-state index in [1.54, 1.807) is 24.7 Å². The lowest BCUT2D eigenvalue weighted by Gasteiger charge is -2.46. The lowest BCUT2D eigenvalue weighted by Crippen LogP contribution is -2.56.